The molecule has 1 aromatic rings. The lowest BCUT2D eigenvalue weighted by molar-refractivity contribution is 1.44. The van der Waals surface area contributed by atoms with Crippen LogP contribution < -0.4 is 0 Å². The molecule has 0 unspecified atom stereocenters. The second-order valence-electron chi connectivity index (χ2n) is 1.62. The van der Waals surface area contributed by atoms with Crippen LogP contribution >= 0.6 is 38.5 Å². The Hall–Kier alpha value is 0.430. The van der Waals surface area contributed by atoms with Gasteiger partial charge in [-0.1, -0.05) is 68.9 Å². The van der Waals surface area contributed by atoms with Gasteiger partial charge in [0.25, 0.3) is 0 Å². The molecule has 0 saturated carbocycles. The summed E-state index contributed by atoms with van der Waals surface area (Å²) in [5, 5.41) is 0.952. The van der Waals surface area contributed by atoms with Crippen LogP contribution in [-0.4, -0.2) is 4.93 Å². The highest BCUT2D eigenvalue weighted by molar-refractivity contribution is 14.1. The smallest absolute Gasteiger partial charge is 0.0283 e. The van der Waals surface area contributed by atoms with Gasteiger partial charge in [-0.25, -0.2) is 0 Å². The average Bonchev–Trinajstić information content (AvgIpc) is 2.10. The highest BCUT2D eigenvalue weighted by Crippen LogP contribution is 2.02. The maximum atomic E-state index is 3.36. The third-order valence-corrected chi connectivity index (χ3v) is 1.64. The van der Waals surface area contributed by atoms with Gasteiger partial charge in [0.05, 0.1) is 0 Å². The lowest BCUT2D eigenvalue weighted by atomic mass is 10.2. The van der Waals surface area contributed by atoms with Crippen molar-refractivity contribution in [2.24, 2.45) is 0 Å². The van der Waals surface area contributed by atoms with E-state index in [1.54, 1.807) is 0 Å². The highest BCUT2D eigenvalue weighted by Gasteiger charge is 1.81. The molecule has 0 aliphatic heterocycles. The summed E-state index contributed by atoms with van der Waals surface area (Å²) in [6.07, 6.45) is 0. The molecule has 0 N–H and O–H groups in total. The number of hydrogen-bond acceptors (Lipinski definition) is 0. The van der Waals surface area contributed by atoms with Gasteiger partial charge in [-0.15, -0.1) is 0 Å². The molecule has 0 nitrogen and oxygen atoms in total. The number of halogens is 2. The first-order chi connectivity index (χ1) is 4.93. The van der Waals surface area contributed by atoms with E-state index >= 15 is 0 Å². The zero-order chi connectivity index (χ0) is 7.82. The van der Waals surface area contributed by atoms with E-state index in [-0.39, 0.29) is 0 Å². The Labute approximate surface area is 84.3 Å². The largest absolute Gasteiger partial charge is 0.0901 e. The van der Waals surface area contributed by atoms with Gasteiger partial charge in [-0.3, -0.25) is 0 Å². The minimum atomic E-state index is 0.952. The molecule has 0 aliphatic rings. The van der Waals surface area contributed by atoms with E-state index in [1.165, 1.54) is 5.56 Å². The first-order valence-electron chi connectivity index (χ1n) is 2.91. The lowest BCUT2D eigenvalue weighted by Gasteiger charge is -1.88. The fourth-order valence-corrected chi connectivity index (χ4v) is 0.941. The number of alkyl halides is 2. The van der Waals surface area contributed by atoms with Crippen molar-refractivity contribution in [3.05, 3.63) is 35.9 Å². The molecule has 10 heavy (non-hydrogen) atoms. The molecule has 0 spiro atoms. The van der Waals surface area contributed by atoms with Gasteiger partial charge in [-0.05, 0) is 10.5 Å². The van der Waals surface area contributed by atoms with Crippen molar-refractivity contribution >= 4 is 38.5 Å². The molecule has 0 fully saturated rings. The van der Waals surface area contributed by atoms with Crippen LogP contribution in [0, 0.1) is 0 Å². The van der Waals surface area contributed by atoms with Crippen molar-refractivity contribution in [1.82, 2.24) is 0 Å². The van der Waals surface area contributed by atoms with Gasteiger partial charge >= 0.3 is 0 Å². The van der Waals surface area contributed by atoms with Crippen LogP contribution in [0.4, 0.5) is 0 Å². The SMILES string of the molecule is BrCc1ccccc1.CI. The molecule has 0 heterocycles. The summed E-state index contributed by atoms with van der Waals surface area (Å²) < 4.78 is 0. The van der Waals surface area contributed by atoms with Crippen LogP contribution in [-0.2, 0) is 5.33 Å². The van der Waals surface area contributed by atoms with Crippen LogP contribution in [0.1, 0.15) is 5.56 Å². The predicted octanol–water partition coefficient (Wildman–Crippen LogP) is 3.63. The third-order valence-electron chi connectivity index (χ3n) is 0.997. The standard InChI is InChI=1S/C7H7Br.CH3I/c8-6-7-4-2-1-3-5-7;1-2/h1-5H,6H2;1H3. The van der Waals surface area contributed by atoms with E-state index < -0.39 is 0 Å². The van der Waals surface area contributed by atoms with Gasteiger partial charge in [0.1, 0.15) is 0 Å². The second-order valence-corrected chi connectivity index (χ2v) is 2.18. The molecule has 2 heteroatoms. The molecule has 0 radical (unpaired) electrons. The Morgan fingerprint density at radius 1 is 1.20 bits per heavy atom. The molecule has 0 saturated heterocycles. The van der Waals surface area contributed by atoms with Crippen molar-refractivity contribution in [3.8, 4) is 0 Å². The highest BCUT2D eigenvalue weighted by atomic mass is 127. The number of benzene rings is 1. The first-order valence-corrected chi connectivity index (χ1v) is 6.19. The van der Waals surface area contributed by atoms with Crippen LogP contribution in [0.3, 0.4) is 0 Å². The van der Waals surface area contributed by atoms with Crippen molar-refractivity contribution < 1.29 is 0 Å². The molecular weight excluding hydrogens is 303 g/mol. The summed E-state index contributed by atoms with van der Waals surface area (Å²) in [5.74, 6) is 0. The molecule has 0 atom stereocenters. The molecule has 0 aliphatic carbocycles. The van der Waals surface area contributed by atoms with E-state index in [1.807, 2.05) is 23.1 Å². The third kappa shape index (κ3) is 4.28. The van der Waals surface area contributed by atoms with Crippen molar-refractivity contribution in [2.45, 2.75) is 5.33 Å². The summed E-state index contributed by atoms with van der Waals surface area (Å²) >= 11 is 5.51. The van der Waals surface area contributed by atoms with E-state index in [2.05, 4.69) is 50.7 Å². The van der Waals surface area contributed by atoms with Gasteiger partial charge in [-0.2, -0.15) is 0 Å². The average molecular weight is 313 g/mol. The van der Waals surface area contributed by atoms with Crippen LogP contribution in [0.25, 0.3) is 0 Å². The van der Waals surface area contributed by atoms with Crippen LogP contribution in [0.15, 0.2) is 30.3 Å². The first kappa shape index (κ1) is 10.4. The predicted molar refractivity (Wildman–Crippen MR) is 59.0 cm³/mol. The Morgan fingerprint density at radius 3 is 2.00 bits per heavy atom. The van der Waals surface area contributed by atoms with Gasteiger partial charge in [0, 0.05) is 5.33 Å². The van der Waals surface area contributed by atoms with Crippen molar-refractivity contribution in [2.75, 3.05) is 4.93 Å². The second kappa shape index (κ2) is 7.54. The maximum absolute atomic E-state index is 3.36. The van der Waals surface area contributed by atoms with E-state index in [0.29, 0.717) is 0 Å². The normalized spacial score (nSPS) is 7.90. The van der Waals surface area contributed by atoms with E-state index in [0.717, 1.165) is 5.33 Å². The van der Waals surface area contributed by atoms with Crippen LogP contribution in [0.5, 0.6) is 0 Å². The molecule has 56 valence electrons. The summed E-state index contributed by atoms with van der Waals surface area (Å²) in [4.78, 5) is 1.97. The fraction of sp³-hybridized carbons (Fsp3) is 0.250. The van der Waals surface area contributed by atoms with Gasteiger partial charge in [0.15, 0.2) is 0 Å². The number of hydrogen-bond donors (Lipinski definition) is 0. The Morgan fingerprint density at radius 2 is 1.70 bits per heavy atom. The van der Waals surface area contributed by atoms with Crippen molar-refractivity contribution in [1.29, 1.82) is 0 Å². The molecule has 0 amide bonds. The molecule has 1 rings (SSSR count). The molecule has 1 aromatic carbocycles. The summed E-state index contributed by atoms with van der Waals surface area (Å²) in [5.41, 5.74) is 1.33. The van der Waals surface area contributed by atoms with Crippen LogP contribution in [0.2, 0.25) is 0 Å². The summed E-state index contributed by atoms with van der Waals surface area (Å²) in [7, 11) is 0. The maximum Gasteiger partial charge on any atom is 0.0283 e. The lowest BCUT2D eigenvalue weighted by Crippen LogP contribution is -1.70. The molecular formula is C8H10BrI. The fourth-order valence-electron chi connectivity index (χ4n) is 0.567. The Balaban J connectivity index is 0.000000371. The Kier molecular flexibility index (Phi) is 7.86. The zero-order valence-corrected chi connectivity index (χ0v) is 9.59. The summed E-state index contributed by atoms with van der Waals surface area (Å²) in [6, 6.07) is 10.3. The topological polar surface area (TPSA) is 0 Å². The minimum absolute atomic E-state index is 0.952. The number of rotatable bonds is 1. The molecule has 0 aromatic heterocycles. The van der Waals surface area contributed by atoms with E-state index in [4.69, 9.17) is 0 Å². The minimum Gasteiger partial charge on any atom is -0.0901 e. The van der Waals surface area contributed by atoms with Gasteiger partial charge < -0.3 is 0 Å². The molecule has 0 bridgehead atoms. The summed E-state index contributed by atoms with van der Waals surface area (Å²) in [6.45, 7) is 0. The zero-order valence-electron chi connectivity index (χ0n) is 5.85. The quantitative estimate of drug-likeness (QED) is 0.549. The van der Waals surface area contributed by atoms with E-state index in [9.17, 15) is 0 Å². The Bertz CT molecular complexity index is 151. The van der Waals surface area contributed by atoms with Gasteiger partial charge in [0.2, 0.25) is 0 Å². The van der Waals surface area contributed by atoms with Crippen molar-refractivity contribution in [3.63, 3.8) is 0 Å². The monoisotopic (exact) mass is 312 g/mol.